The van der Waals surface area contributed by atoms with Crippen LogP contribution in [0.4, 0.5) is 5.69 Å². The highest BCUT2D eigenvalue weighted by Gasteiger charge is 2.29. The van der Waals surface area contributed by atoms with E-state index in [9.17, 15) is 13.2 Å². The lowest BCUT2D eigenvalue weighted by molar-refractivity contribution is -0.121. The number of carbonyl (C=O) groups excluding carboxylic acids is 1. The van der Waals surface area contributed by atoms with Crippen LogP contribution in [0.5, 0.6) is 5.75 Å². The Bertz CT molecular complexity index is 979. The molecule has 0 saturated heterocycles. The van der Waals surface area contributed by atoms with E-state index in [1.165, 1.54) is 25.1 Å². The first kappa shape index (κ1) is 23.6. The fraction of sp³-hybridized carbons (Fsp3) is 0.316. The van der Waals surface area contributed by atoms with Gasteiger partial charge in [0.2, 0.25) is 15.9 Å². The van der Waals surface area contributed by atoms with Crippen molar-refractivity contribution in [1.29, 1.82) is 0 Å². The molecule has 6 nitrogen and oxygen atoms in total. The summed E-state index contributed by atoms with van der Waals surface area (Å²) in [6.07, 6.45) is 1.01. The molecule has 0 aliphatic heterocycles. The van der Waals surface area contributed by atoms with Crippen LogP contribution in [0.25, 0.3) is 0 Å². The highest BCUT2D eigenvalue weighted by molar-refractivity contribution is 7.92. The van der Waals surface area contributed by atoms with Crippen LogP contribution < -0.4 is 14.4 Å². The van der Waals surface area contributed by atoms with Crippen molar-refractivity contribution in [2.24, 2.45) is 0 Å². The summed E-state index contributed by atoms with van der Waals surface area (Å²) in [5.74, 6) is 0.0892. The first-order valence-corrected chi connectivity index (χ1v) is 11.6. The molecular formula is C19H21Cl3N2O4S. The molecule has 10 heteroatoms. The first-order valence-electron chi connectivity index (χ1n) is 8.61. The van der Waals surface area contributed by atoms with Gasteiger partial charge < -0.3 is 10.1 Å². The second-order valence-electron chi connectivity index (χ2n) is 6.41. The Kier molecular flexibility index (Phi) is 8.05. The zero-order valence-electron chi connectivity index (χ0n) is 16.1. The van der Waals surface area contributed by atoms with Crippen LogP contribution in [-0.2, 0) is 14.8 Å². The van der Waals surface area contributed by atoms with Crippen LogP contribution >= 0.6 is 34.8 Å². The number of nitrogens with one attached hydrogen (secondary N) is 1. The summed E-state index contributed by atoms with van der Waals surface area (Å²) < 4.78 is 31.1. The maximum Gasteiger partial charge on any atom is 0.243 e. The molecule has 1 unspecified atom stereocenters. The highest BCUT2D eigenvalue weighted by atomic mass is 35.5. The number of carbonyl (C=O) groups is 1. The van der Waals surface area contributed by atoms with E-state index in [2.05, 4.69) is 5.32 Å². The van der Waals surface area contributed by atoms with Crippen LogP contribution in [0.3, 0.4) is 0 Å². The van der Waals surface area contributed by atoms with E-state index in [4.69, 9.17) is 39.5 Å². The molecule has 0 heterocycles. The Morgan fingerprint density at radius 2 is 1.76 bits per heavy atom. The number of ether oxygens (including phenoxy) is 1. The van der Waals surface area contributed by atoms with E-state index in [1.807, 2.05) is 13.0 Å². The predicted molar refractivity (Wildman–Crippen MR) is 118 cm³/mol. The summed E-state index contributed by atoms with van der Waals surface area (Å²) in [6, 6.07) is 8.62. The molecule has 2 aromatic carbocycles. The monoisotopic (exact) mass is 478 g/mol. The zero-order valence-corrected chi connectivity index (χ0v) is 19.2. The summed E-state index contributed by atoms with van der Waals surface area (Å²) in [5.41, 5.74) is 1.14. The van der Waals surface area contributed by atoms with E-state index >= 15 is 0 Å². The van der Waals surface area contributed by atoms with E-state index in [0.29, 0.717) is 10.8 Å². The van der Waals surface area contributed by atoms with E-state index in [0.717, 1.165) is 16.1 Å². The average molecular weight is 480 g/mol. The van der Waals surface area contributed by atoms with Crippen LogP contribution in [0.1, 0.15) is 12.5 Å². The van der Waals surface area contributed by atoms with Gasteiger partial charge in [0.1, 0.15) is 18.4 Å². The van der Waals surface area contributed by atoms with Crippen molar-refractivity contribution < 1.29 is 17.9 Å². The van der Waals surface area contributed by atoms with E-state index in [1.54, 1.807) is 12.1 Å². The number of hydrogen-bond acceptors (Lipinski definition) is 4. The molecule has 158 valence electrons. The van der Waals surface area contributed by atoms with Crippen LogP contribution in [0.15, 0.2) is 36.4 Å². The summed E-state index contributed by atoms with van der Waals surface area (Å²) >= 11 is 18.0. The van der Waals surface area contributed by atoms with Gasteiger partial charge in [-0.25, -0.2) is 8.42 Å². The lowest BCUT2D eigenvalue weighted by Crippen LogP contribution is -2.48. The van der Waals surface area contributed by atoms with E-state index < -0.39 is 22.0 Å². The molecule has 1 amide bonds. The van der Waals surface area contributed by atoms with Gasteiger partial charge in [0.05, 0.1) is 18.5 Å². The summed E-state index contributed by atoms with van der Waals surface area (Å²) in [7, 11) is -3.77. The summed E-state index contributed by atoms with van der Waals surface area (Å²) in [4.78, 5) is 12.5. The number of anilines is 1. The Labute approximate surface area is 185 Å². The third-order valence-corrected chi connectivity index (χ3v) is 6.09. The minimum Gasteiger partial charge on any atom is -0.492 e. The molecule has 0 saturated carbocycles. The third kappa shape index (κ3) is 6.67. The molecule has 0 bridgehead atoms. The smallest absolute Gasteiger partial charge is 0.243 e. The van der Waals surface area contributed by atoms with Crippen molar-refractivity contribution >= 4 is 56.4 Å². The SMILES string of the molecule is Cc1ccc(OCCNC(=O)C(C)N(c2cc(Cl)cc(Cl)c2)S(C)(=O)=O)cc1Cl. The molecule has 0 aliphatic carbocycles. The fourth-order valence-corrected chi connectivity index (χ4v) is 4.47. The van der Waals surface area contributed by atoms with Gasteiger partial charge in [0.15, 0.2) is 0 Å². The molecular weight excluding hydrogens is 459 g/mol. The molecule has 2 aromatic rings. The van der Waals surface area contributed by atoms with Gasteiger partial charge in [0, 0.05) is 15.1 Å². The molecule has 0 fully saturated rings. The van der Waals surface area contributed by atoms with Gasteiger partial charge >= 0.3 is 0 Å². The van der Waals surface area contributed by atoms with Crippen molar-refractivity contribution in [2.45, 2.75) is 19.9 Å². The maximum atomic E-state index is 12.5. The second-order valence-corrected chi connectivity index (χ2v) is 9.55. The Morgan fingerprint density at radius 3 is 2.31 bits per heavy atom. The van der Waals surface area contributed by atoms with Gasteiger partial charge in [-0.15, -0.1) is 0 Å². The Morgan fingerprint density at radius 1 is 1.14 bits per heavy atom. The van der Waals surface area contributed by atoms with Crippen molar-refractivity contribution in [3.8, 4) is 5.75 Å². The third-order valence-electron chi connectivity index (χ3n) is 4.00. The average Bonchev–Trinajstić information content (AvgIpc) is 2.59. The van der Waals surface area contributed by atoms with Crippen molar-refractivity contribution in [3.63, 3.8) is 0 Å². The largest absolute Gasteiger partial charge is 0.492 e. The number of benzene rings is 2. The minimum absolute atomic E-state index is 0.183. The number of aryl methyl sites for hydroxylation is 1. The first-order chi connectivity index (χ1) is 13.5. The van der Waals surface area contributed by atoms with Crippen LogP contribution in [0.2, 0.25) is 15.1 Å². The Hall–Kier alpha value is -1.67. The number of hydrogen-bond donors (Lipinski definition) is 1. The Balaban J connectivity index is 2.02. The second kappa shape index (κ2) is 9.89. The normalized spacial score (nSPS) is 12.3. The number of nitrogens with zero attached hydrogens (tertiary/aromatic N) is 1. The fourth-order valence-electron chi connectivity index (χ4n) is 2.63. The van der Waals surface area contributed by atoms with Gasteiger partial charge in [-0.1, -0.05) is 40.9 Å². The van der Waals surface area contributed by atoms with E-state index in [-0.39, 0.29) is 28.9 Å². The van der Waals surface area contributed by atoms with Gasteiger partial charge in [-0.3, -0.25) is 9.10 Å². The molecule has 1 N–H and O–H groups in total. The number of halogens is 3. The number of sulfonamides is 1. The van der Waals surface area contributed by atoms with Crippen molar-refractivity contribution in [3.05, 3.63) is 57.0 Å². The molecule has 0 aromatic heterocycles. The van der Waals surface area contributed by atoms with Gasteiger partial charge in [0.25, 0.3) is 0 Å². The van der Waals surface area contributed by atoms with Crippen LogP contribution in [-0.4, -0.2) is 39.8 Å². The predicted octanol–water partition coefficient (Wildman–Crippen LogP) is 4.30. The topological polar surface area (TPSA) is 75.7 Å². The van der Waals surface area contributed by atoms with Gasteiger partial charge in [-0.2, -0.15) is 0 Å². The molecule has 0 spiro atoms. The summed E-state index contributed by atoms with van der Waals surface area (Å²) in [6.45, 7) is 3.74. The quantitative estimate of drug-likeness (QED) is 0.573. The maximum absolute atomic E-state index is 12.5. The molecule has 2 rings (SSSR count). The standard InChI is InChI=1S/C19H21Cl3N2O4S/c1-12-4-5-17(11-18(12)22)28-7-6-23-19(25)13(2)24(29(3,26)27)16-9-14(20)8-15(21)10-16/h4-5,8-11,13H,6-7H2,1-3H3,(H,23,25). The molecule has 29 heavy (non-hydrogen) atoms. The molecule has 1 atom stereocenters. The molecule has 0 aliphatic rings. The highest BCUT2D eigenvalue weighted by Crippen LogP contribution is 2.28. The van der Waals surface area contributed by atoms with Crippen molar-refractivity contribution in [1.82, 2.24) is 5.32 Å². The van der Waals surface area contributed by atoms with Crippen LogP contribution in [0, 0.1) is 6.92 Å². The molecule has 0 radical (unpaired) electrons. The minimum atomic E-state index is -3.77. The lowest BCUT2D eigenvalue weighted by Gasteiger charge is -2.28. The number of rotatable bonds is 8. The lowest BCUT2D eigenvalue weighted by atomic mass is 10.2. The van der Waals surface area contributed by atoms with Crippen molar-refractivity contribution in [2.75, 3.05) is 23.7 Å². The number of amides is 1. The van der Waals surface area contributed by atoms with Gasteiger partial charge in [-0.05, 0) is 49.7 Å². The summed E-state index contributed by atoms with van der Waals surface area (Å²) in [5, 5.41) is 3.77. The zero-order chi connectivity index (χ0) is 21.8.